The molecular weight excluding hydrogens is 464 g/mol. The number of rotatable bonds is 3. The van der Waals surface area contributed by atoms with Gasteiger partial charge in [-0.1, -0.05) is 145 Å². The summed E-state index contributed by atoms with van der Waals surface area (Å²) in [4.78, 5) is 0. The van der Waals surface area contributed by atoms with Crippen LogP contribution >= 0.6 is 0 Å². The summed E-state index contributed by atoms with van der Waals surface area (Å²) in [5.41, 5.74) is 6.24. The van der Waals surface area contributed by atoms with Crippen LogP contribution in [0.3, 0.4) is 0 Å². The monoisotopic (exact) mass is 516 g/mol. The van der Waals surface area contributed by atoms with Gasteiger partial charge in [-0.05, 0) is 49.5 Å². The van der Waals surface area contributed by atoms with E-state index in [4.69, 9.17) is 0 Å². The lowest BCUT2D eigenvalue weighted by Gasteiger charge is -2.32. The van der Waals surface area contributed by atoms with Crippen molar-refractivity contribution < 1.29 is 10.2 Å². The molecule has 0 unspecified atom stereocenters. The average molecular weight is 517 g/mol. The van der Waals surface area contributed by atoms with Gasteiger partial charge in [-0.25, -0.2) is 0 Å². The van der Waals surface area contributed by atoms with E-state index in [1.54, 1.807) is 0 Å². The maximum Gasteiger partial charge on any atom is 0.123 e. The van der Waals surface area contributed by atoms with Crippen molar-refractivity contribution in [3.63, 3.8) is 0 Å². The maximum atomic E-state index is 11.9. The molecule has 3 aromatic rings. The minimum Gasteiger partial charge on any atom is -0.507 e. The Labute approximate surface area is 233 Å². The zero-order chi connectivity index (χ0) is 28.1. The highest BCUT2D eigenvalue weighted by atomic mass is 16.3. The largest absolute Gasteiger partial charge is 0.507 e. The lowest BCUT2D eigenvalue weighted by atomic mass is 9.72. The van der Waals surface area contributed by atoms with E-state index in [9.17, 15) is 10.2 Å². The summed E-state index contributed by atoms with van der Waals surface area (Å²) in [6.45, 7) is 26.1. The van der Waals surface area contributed by atoms with E-state index in [-0.39, 0.29) is 35.0 Å². The average Bonchev–Trinajstić information content (AvgIpc) is 2.73. The summed E-state index contributed by atoms with van der Waals surface area (Å²) in [6, 6.07) is 18.9. The fourth-order valence-corrected chi connectivity index (χ4v) is 4.94. The molecule has 0 aliphatic heterocycles. The Morgan fingerprint density at radius 3 is 1.13 bits per heavy atom. The Morgan fingerprint density at radius 2 is 0.842 bits per heavy atom. The van der Waals surface area contributed by atoms with Gasteiger partial charge in [0.25, 0.3) is 0 Å². The third kappa shape index (κ3) is 6.45. The summed E-state index contributed by atoms with van der Waals surface area (Å²) in [7, 11) is 0. The normalized spacial score (nSPS) is 13.0. The number of aromatic hydroxyl groups is 2. The Balaban J connectivity index is 0.00000507. The van der Waals surface area contributed by atoms with Crippen molar-refractivity contribution in [3.05, 3.63) is 93.5 Å². The fourth-order valence-electron chi connectivity index (χ4n) is 4.94. The van der Waals surface area contributed by atoms with E-state index in [0.29, 0.717) is 11.5 Å². The molecule has 0 fully saturated rings. The molecule has 0 aromatic heterocycles. The third-order valence-corrected chi connectivity index (χ3v) is 7.38. The Morgan fingerprint density at radius 1 is 0.500 bits per heavy atom. The van der Waals surface area contributed by atoms with Crippen LogP contribution in [-0.2, 0) is 21.7 Å². The minimum absolute atomic E-state index is 0. The van der Waals surface area contributed by atoms with Crippen LogP contribution in [0.15, 0.2) is 54.6 Å². The topological polar surface area (TPSA) is 40.5 Å². The molecule has 0 bridgehead atoms. The third-order valence-electron chi connectivity index (χ3n) is 7.38. The molecule has 2 heteroatoms. The Kier molecular flexibility index (Phi) is 8.65. The van der Waals surface area contributed by atoms with E-state index >= 15 is 0 Å². The first-order valence-electron chi connectivity index (χ1n) is 13.5. The molecule has 0 amide bonds. The lowest BCUT2D eigenvalue weighted by Crippen LogP contribution is -2.20. The van der Waals surface area contributed by atoms with Crippen LogP contribution in [0.2, 0.25) is 0 Å². The highest BCUT2D eigenvalue weighted by Crippen LogP contribution is 2.49. The van der Waals surface area contributed by atoms with Crippen molar-refractivity contribution in [1.82, 2.24) is 0 Å². The van der Waals surface area contributed by atoms with Crippen LogP contribution in [0.5, 0.6) is 11.5 Å². The first kappa shape index (κ1) is 31.5. The van der Waals surface area contributed by atoms with E-state index in [1.807, 2.05) is 18.2 Å². The smallest absolute Gasteiger partial charge is 0.123 e. The van der Waals surface area contributed by atoms with Crippen molar-refractivity contribution in [3.8, 4) is 11.5 Å². The van der Waals surface area contributed by atoms with Crippen molar-refractivity contribution in [2.45, 2.75) is 118 Å². The summed E-state index contributed by atoms with van der Waals surface area (Å²) < 4.78 is 0. The fraction of sp³-hybridized carbons (Fsp3) is 0.500. The number of hydrogen-bond donors (Lipinski definition) is 2. The molecule has 0 saturated heterocycles. The summed E-state index contributed by atoms with van der Waals surface area (Å²) in [5, 5.41) is 23.8. The van der Waals surface area contributed by atoms with Gasteiger partial charge in [-0.15, -0.1) is 0 Å². The lowest BCUT2D eigenvalue weighted by molar-refractivity contribution is 0.429. The SMILES string of the molecule is C.CC(C)(C)c1cc(C(c2ccccc2)c2cc(C(C)(C)C)cc(C(C)(C)C)c2O)c(O)c(C(C)(C)C)c1. The van der Waals surface area contributed by atoms with Crippen molar-refractivity contribution >= 4 is 0 Å². The zero-order valence-corrected chi connectivity index (χ0v) is 25.2. The molecule has 0 saturated carbocycles. The molecule has 38 heavy (non-hydrogen) atoms. The molecule has 0 atom stereocenters. The van der Waals surface area contributed by atoms with E-state index in [0.717, 1.165) is 27.8 Å². The van der Waals surface area contributed by atoms with Gasteiger partial charge in [0.2, 0.25) is 0 Å². The molecule has 0 radical (unpaired) electrons. The van der Waals surface area contributed by atoms with Crippen LogP contribution in [0.1, 0.15) is 135 Å². The second-order valence-corrected chi connectivity index (χ2v) is 14.8. The molecule has 3 aromatic carbocycles. The number of phenolic OH excluding ortho intramolecular Hbond substituents is 2. The van der Waals surface area contributed by atoms with Crippen molar-refractivity contribution in [2.75, 3.05) is 0 Å². The zero-order valence-electron chi connectivity index (χ0n) is 25.2. The van der Waals surface area contributed by atoms with Gasteiger partial charge < -0.3 is 10.2 Å². The molecule has 0 heterocycles. The first-order valence-corrected chi connectivity index (χ1v) is 13.5. The van der Waals surface area contributed by atoms with E-state index < -0.39 is 0 Å². The molecule has 2 nitrogen and oxygen atoms in total. The first-order chi connectivity index (χ1) is 16.7. The standard InChI is InChI=1S/C35H48O2.CH4/c1-32(2,3)23-18-25(30(36)27(20-23)34(7,8)9)29(22-16-14-13-15-17-22)26-19-24(33(4,5)6)21-28(31(26)37)35(10,11)12;/h13-21,29,36-37H,1-12H3;1H4. The van der Waals surface area contributed by atoms with Gasteiger partial charge in [0.15, 0.2) is 0 Å². The van der Waals surface area contributed by atoms with Crippen LogP contribution < -0.4 is 0 Å². The summed E-state index contributed by atoms with van der Waals surface area (Å²) >= 11 is 0. The molecule has 0 aliphatic rings. The molecular formula is C36H52O2. The molecule has 0 aliphatic carbocycles. The Bertz CT molecular complexity index is 1170. The predicted octanol–water partition coefficient (Wildman–Crippen LogP) is 10.1. The minimum atomic E-state index is -0.326. The summed E-state index contributed by atoms with van der Waals surface area (Å²) in [5.74, 6) is 0.299. The number of benzene rings is 3. The van der Waals surface area contributed by atoms with Gasteiger partial charge in [0, 0.05) is 17.0 Å². The van der Waals surface area contributed by atoms with Crippen molar-refractivity contribution in [2.24, 2.45) is 0 Å². The number of hydrogen-bond acceptors (Lipinski definition) is 2. The van der Waals surface area contributed by atoms with Gasteiger partial charge >= 0.3 is 0 Å². The quantitative estimate of drug-likeness (QED) is 0.340. The van der Waals surface area contributed by atoms with Gasteiger partial charge in [0.1, 0.15) is 11.5 Å². The highest BCUT2D eigenvalue weighted by molar-refractivity contribution is 5.60. The van der Waals surface area contributed by atoms with Gasteiger partial charge in [-0.2, -0.15) is 0 Å². The summed E-state index contributed by atoms with van der Waals surface area (Å²) in [6.07, 6.45) is 0. The van der Waals surface area contributed by atoms with Crippen LogP contribution in [0.4, 0.5) is 0 Å². The second kappa shape index (κ2) is 10.4. The van der Waals surface area contributed by atoms with Gasteiger partial charge in [-0.3, -0.25) is 0 Å². The van der Waals surface area contributed by atoms with Gasteiger partial charge in [0.05, 0.1) is 0 Å². The predicted molar refractivity (Wildman–Crippen MR) is 165 cm³/mol. The van der Waals surface area contributed by atoms with Crippen LogP contribution in [-0.4, -0.2) is 10.2 Å². The van der Waals surface area contributed by atoms with Crippen LogP contribution in [0.25, 0.3) is 0 Å². The number of phenols is 2. The molecule has 3 rings (SSSR count). The Hall–Kier alpha value is -2.74. The van der Waals surface area contributed by atoms with Crippen molar-refractivity contribution in [1.29, 1.82) is 0 Å². The molecule has 2 N–H and O–H groups in total. The van der Waals surface area contributed by atoms with Crippen LogP contribution in [0, 0.1) is 0 Å². The molecule has 208 valence electrons. The second-order valence-electron chi connectivity index (χ2n) is 14.8. The van der Waals surface area contributed by atoms with E-state index in [2.05, 4.69) is 119 Å². The van der Waals surface area contributed by atoms with E-state index in [1.165, 1.54) is 11.1 Å². The maximum absolute atomic E-state index is 11.9. The highest BCUT2D eigenvalue weighted by Gasteiger charge is 2.33. The molecule has 0 spiro atoms.